The molecule has 0 saturated carbocycles. The van der Waals surface area contributed by atoms with Gasteiger partial charge in [-0.1, -0.05) is 40.2 Å². The Morgan fingerprint density at radius 2 is 1.92 bits per heavy atom. The Bertz CT molecular complexity index is 935. The Balaban J connectivity index is 1.74. The van der Waals surface area contributed by atoms with E-state index in [9.17, 15) is 9.59 Å². The van der Waals surface area contributed by atoms with Gasteiger partial charge in [-0.2, -0.15) is 0 Å². The van der Waals surface area contributed by atoms with Crippen molar-refractivity contribution in [1.29, 1.82) is 0 Å². The Labute approximate surface area is 146 Å². The number of para-hydroxylation sites is 1. The third-order valence-electron chi connectivity index (χ3n) is 3.59. The highest BCUT2D eigenvalue weighted by Gasteiger charge is 2.15. The zero-order valence-corrected chi connectivity index (χ0v) is 14.5. The van der Waals surface area contributed by atoms with Crippen LogP contribution in [0.5, 0.6) is 0 Å². The zero-order valence-electron chi connectivity index (χ0n) is 13.0. The number of hydrogen-bond acceptors (Lipinski definition) is 4. The number of fused-ring (bicyclic) bond motifs is 1. The monoisotopic (exact) mass is 386 g/mol. The summed E-state index contributed by atoms with van der Waals surface area (Å²) in [7, 11) is 0. The van der Waals surface area contributed by atoms with Crippen molar-refractivity contribution in [3.63, 3.8) is 0 Å². The fourth-order valence-corrected chi connectivity index (χ4v) is 2.62. The average Bonchev–Trinajstić information content (AvgIpc) is 2.57. The lowest BCUT2D eigenvalue weighted by atomic mass is 10.1. The number of nitrogens with one attached hydrogen (secondary N) is 1. The van der Waals surface area contributed by atoms with E-state index in [2.05, 4.69) is 25.9 Å². The van der Waals surface area contributed by atoms with Crippen molar-refractivity contribution in [1.82, 2.24) is 9.97 Å². The Morgan fingerprint density at radius 1 is 1.21 bits per heavy atom. The van der Waals surface area contributed by atoms with Gasteiger partial charge in [0.05, 0.1) is 17.3 Å². The van der Waals surface area contributed by atoms with Crippen LogP contribution < -0.4 is 5.56 Å². The van der Waals surface area contributed by atoms with E-state index in [4.69, 9.17) is 4.74 Å². The summed E-state index contributed by atoms with van der Waals surface area (Å²) in [5, 5.41) is 0.509. The molecule has 0 aliphatic heterocycles. The second-order valence-electron chi connectivity index (χ2n) is 5.40. The van der Waals surface area contributed by atoms with Gasteiger partial charge in [-0.25, -0.2) is 4.98 Å². The van der Waals surface area contributed by atoms with Crippen molar-refractivity contribution in [2.45, 2.75) is 19.4 Å². The van der Waals surface area contributed by atoms with Crippen molar-refractivity contribution >= 4 is 32.8 Å². The van der Waals surface area contributed by atoms with E-state index in [0.717, 1.165) is 10.0 Å². The van der Waals surface area contributed by atoms with Gasteiger partial charge in [-0.15, -0.1) is 0 Å². The SMILES string of the molecule is C[C@@H](OC(=O)Cc1ccc(Br)cc1)c1nc2ccccc2c(=O)[nH]1. The summed E-state index contributed by atoms with van der Waals surface area (Å²) in [6.07, 6.45) is -0.472. The van der Waals surface area contributed by atoms with E-state index in [1.54, 1.807) is 25.1 Å². The Hall–Kier alpha value is -2.47. The summed E-state index contributed by atoms with van der Waals surface area (Å²) in [4.78, 5) is 31.2. The number of aromatic nitrogens is 2. The number of H-pyrrole nitrogens is 1. The molecule has 1 heterocycles. The standard InChI is InChI=1S/C18H15BrN2O3/c1-11(24-16(22)10-12-6-8-13(19)9-7-12)17-20-15-5-3-2-4-14(15)18(23)21-17/h2-9,11H,10H2,1H3,(H,20,21,23)/t11-/m1/s1. The third-order valence-corrected chi connectivity index (χ3v) is 4.11. The quantitative estimate of drug-likeness (QED) is 0.696. The van der Waals surface area contributed by atoms with Gasteiger partial charge in [-0.05, 0) is 36.8 Å². The van der Waals surface area contributed by atoms with Crippen LogP contribution in [0.25, 0.3) is 10.9 Å². The lowest BCUT2D eigenvalue weighted by Crippen LogP contribution is -2.18. The molecule has 6 heteroatoms. The smallest absolute Gasteiger partial charge is 0.310 e. The predicted molar refractivity (Wildman–Crippen MR) is 94.7 cm³/mol. The van der Waals surface area contributed by atoms with E-state index in [0.29, 0.717) is 16.7 Å². The third kappa shape index (κ3) is 3.71. The minimum Gasteiger partial charge on any atom is -0.454 e. The first kappa shape index (κ1) is 16.4. The van der Waals surface area contributed by atoms with Gasteiger partial charge < -0.3 is 9.72 Å². The second kappa shape index (κ2) is 6.97. The summed E-state index contributed by atoms with van der Waals surface area (Å²) in [5.41, 5.74) is 1.19. The molecule has 0 spiro atoms. The maximum Gasteiger partial charge on any atom is 0.310 e. The fraction of sp³-hybridized carbons (Fsp3) is 0.167. The van der Waals surface area contributed by atoms with Crippen LogP contribution in [0.15, 0.2) is 57.8 Å². The maximum atomic E-state index is 12.1. The second-order valence-corrected chi connectivity index (χ2v) is 6.32. The van der Waals surface area contributed by atoms with E-state index in [1.807, 2.05) is 30.3 Å². The van der Waals surface area contributed by atoms with Crippen molar-refractivity contribution in [2.24, 2.45) is 0 Å². The number of aromatic amines is 1. The summed E-state index contributed by atoms with van der Waals surface area (Å²) in [5.74, 6) is -0.0384. The number of halogens is 1. The number of nitrogens with zero attached hydrogens (tertiary/aromatic N) is 1. The molecule has 1 N–H and O–H groups in total. The summed E-state index contributed by atoms with van der Waals surface area (Å²) in [6, 6.07) is 14.5. The molecule has 3 rings (SSSR count). The van der Waals surface area contributed by atoms with Crippen LogP contribution in [0.1, 0.15) is 24.4 Å². The molecular formula is C18H15BrN2O3. The van der Waals surface area contributed by atoms with Crippen molar-refractivity contribution < 1.29 is 9.53 Å². The van der Waals surface area contributed by atoms with Crippen LogP contribution in [0.3, 0.4) is 0 Å². The molecular weight excluding hydrogens is 372 g/mol. The molecule has 1 aromatic heterocycles. The van der Waals surface area contributed by atoms with Crippen molar-refractivity contribution in [2.75, 3.05) is 0 Å². The van der Waals surface area contributed by atoms with Crippen LogP contribution in [-0.4, -0.2) is 15.9 Å². The van der Waals surface area contributed by atoms with E-state index < -0.39 is 6.10 Å². The number of esters is 1. The molecule has 24 heavy (non-hydrogen) atoms. The first-order valence-electron chi connectivity index (χ1n) is 7.46. The van der Waals surface area contributed by atoms with Gasteiger partial charge in [0, 0.05) is 4.47 Å². The van der Waals surface area contributed by atoms with Gasteiger partial charge in [0.1, 0.15) is 0 Å². The number of carbonyl (C=O) groups excluding carboxylic acids is 1. The van der Waals surface area contributed by atoms with Crippen LogP contribution in [-0.2, 0) is 16.0 Å². The lowest BCUT2D eigenvalue weighted by molar-refractivity contribution is -0.148. The van der Waals surface area contributed by atoms with Crippen LogP contribution in [0.4, 0.5) is 0 Å². The first-order chi connectivity index (χ1) is 11.5. The average molecular weight is 387 g/mol. The van der Waals surface area contributed by atoms with Gasteiger partial charge >= 0.3 is 5.97 Å². The summed E-state index contributed by atoms with van der Waals surface area (Å²) < 4.78 is 6.34. The molecule has 0 unspecified atom stereocenters. The first-order valence-corrected chi connectivity index (χ1v) is 8.25. The van der Waals surface area contributed by atoms with Gasteiger partial charge in [0.25, 0.3) is 5.56 Å². The Morgan fingerprint density at radius 3 is 2.67 bits per heavy atom. The predicted octanol–water partition coefficient (Wildman–Crippen LogP) is 3.53. The molecule has 0 aliphatic rings. The molecule has 0 bridgehead atoms. The Kier molecular flexibility index (Phi) is 4.76. The van der Waals surface area contributed by atoms with E-state index >= 15 is 0 Å². The van der Waals surface area contributed by atoms with Gasteiger partial charge in [-0.3, -0.25) is 9.59 Å². The van der Waals surface area contributed by atoms with Gasteiger partial charge in [0.2, 0.25) is 0 Å². The highest BCUT2D eigenvalue weighted by atomic mass is 79.9. The van der Waals surface area contributed by atoms with Crippen LogP contribution in [0, 0.1) is 0 Å². The minimum absolute atomic E-state index is 0.162. The molecule has 122 valence electrons. The number of ether oxygens (including phenoxy) is 1. The number of rotatable bonds is 4. The number of hydrogen-bond donors (Lipinski definition) is 1. The van der Waals surface area contributed by atoms with Crippen molar-refractivity contribution in [3.8, 4) is 0 Å². The molecule has 3 aromatic rings. The van der Waals surface area contributed by atoms with E-state index in [1.165, 1.54) is 0 Å². The highest BCUT2D eigenvalue weighted by molar-refractivity contribution is 9.10. The largest absolute Gasteiger partial charge is 0.454 e. The molecule has 0 saturated heterocycles. The van der Waals surface area contributed by atoms with E-state index in [-0.39, 0.29) is 17.9 Å². The minimum atomic E-state index is -0.634. The summed E-state index contributed by atoms with van der Waals surface area (Å²) >= 11 is 3.35. The topological polar surface area (TPSA) is 72.0 Å². The van der Waals surface area contributed by atoms with Crippen LogP contribution >= 0.6 is 15.9 Å². The van der Waals surface area contributed by atoms with Crippen molar-refractivity contribution in [3.05, 3.63) is 74.7 Å². The highest BCUT2D eigenvalue weighted by Crippen LogP contribution is 2.16. The molecule has 0 aliphatic carbocycles. The lowest BCUT2D eigenvalue weighted by Gasteiger charge is -2.13. The molecule has 1 atom stereocenters. The number of benzene rings is 2. The zero-order chi connectivity index (χ0) is 17.1. The normalized spacial score (nSPS) is 12.1. The summed E-state index contributed by atoms with van der Waals surface area (Å²) in [6.45, 7) is 1.69. The molecule has 0 fully saturated rings. The number of carbonyl (C=O) groups is 1. The molecule has 0 amide bonds. The molecule has 2 aromatic carbocycles. The maximum absolute atomic E-state index is 12.1. The van der Waals surface area contributed by atoms with Crippen LogP contribution in [0.2, 0.25) is 0 Å². The van der Waals surface area contributed by atoms with Gasteiger partial charge in [0.15, 0.2) is 11.9 Å². The molecule has 0 radical (unpaired) electrons. The fourth-order valence-electron chi connectivity index (χ4n) is 2.36. The molecule has 5 nitrogen and oxygen atoms in total.